The number of halogens is 1. The summed E-state index contributed by atoms with van der Waals surface area (Å²) in [6.07, 6.45) is 1.05. The van der Waals surface area contributed by atoms with Crippen LogP contribution in [0.4, 0.5) is 0 Å². The summed E-state index contributed by atoms with van der Waals surface area (Å²) in [4.78, 5) is 2.49. The first-order valence-corrected chi connectivity index (χ1v) is 7.81. The zero-order valence-electron chi connectivity index (χ0n) is 11.4. The monoisotopic (exact) mass is 330 g/mol. The standard InChI is InChI=1S/C17H19BrN2/c18-17-8-4-3-7-15(17)12-20-11-14-6-2-1-5-13(14)9-16(20)10-19/h1-8,16H,9-12,19H2. The lowest BCUT2D eigenvalue weighted by Gasteiger charge is -2.36. The van der Waals surface area contributed by atoms with Crippen LogP contribution in [0.15, 0.2) is 53.0 Å². The maximum atomic E-state index is 5.99. The van der Waals surface area contributed by atoms with Gasteiger partial charge in [-0.3, -0.25) is 4.90 Å². The van der Waals surface area contributed by atoms with Gasteiger partial charge in [-0.05, 0) is 29.2 Å². The van der Waals surface area contributed by atoms with E-state index in [1.54, 1.807) is 0 Å². The van der Waals surface area contributed by atoms with Crippen molar-refractivity contribution in [2.75, 3.05) is 6.54 Å². The van der Waals surface area contributed by atoms with Crippen LogP contribution in [0.3, 0.4) is 0 Å². The summed E-state index contributed by atoms with van der Waals surface area (Å²) in [5.41, 5.74) is 10.2. The van der Waals surface area contributed by atoms with E-state index >= 15 is 0 Å². The summed E-state index contributed by atoms with van der Waals surface area (Å²) < 4.78 is 1.18. The lowest BCUT2D eigenvalue weighted by molar-refractivity contribution is 0.166. The molecule has 1 aliphatic heterocycles. The Hall–Kier alpha value is -1.16. The molecule has 0 aliphatic carbocycles. The van der Waals surface area contributed by atoms with Crippen LogP contribution in [0.5, 0.6) is 0 Å². The molecule has 1 aliphatic rings. The van der Waals surface area contributed by atoms with E-state index in [-0.39, 0.29) is 0 Å². The molecule has 0 bridgehead atoms. The van der Waals surface area contributed by atoms with Gasteiger partial charge >= 0.3 is 0 Å². The molecule has 1 unspecified atom stereocenters. The molecule has 0 saturated heterocycles. The van der Waals surface area contributed by atoms with E-state index in [9.17, 15) is 0 Å². The smallest absolute Gasteiger partial charge is 0.0265 e. The first kappa shape index (κ1) is 13.8. The zero-order valence-corrected chi connectivity index (χ0v) is 13.0. The number of fused-ring (bicyclic) bond motifs is 1. The summed E-state index contributed by atoms with van der Waals surface area (Å²) >= 11 is 3.64. The van der Waals surface area contributed by atoms with Crippen LogP contribution >= 0.6 is 15.9 Å². The third kappa shape index (κ3) is 2.80. The van der Waals surface area contributed by atoms with Gasteiger partial charge in [0.15, 0.2) is 0 Å². The predicted molar refractivity (Wildman–Crippen MR) is 86.4 cm³/mol. The Morgan fingerprint density at radius 3 is 2.50 bits per heavy atom. The van der Waals surface area contributed by atoms with E-state index in [4.69, 9.17) is 5.73 Å². The molecule has 0 fully saturated rings. The first-order valence-electron chi connectivity index (χ1n) is 7.02. The van der Waals surface area contributed by atoms with Gasteiger partial charge in [-0.1, -0.05) is 58.4 Å². The molecule has 20 heavy (non-hydrogen) atoms. The van der Waals surface area contributed by atoms with Crippen LogP contribution < -0.4 is 5.73 Å². The molecule has 0 saturated carbocycles. The Labute approximate surface area is 128 Å². The molecule has 2 N–H and O–H groups in total. The summed E-state index contributed by atoms with van der Waals surface area (Å²) in [7, 11) is 0. The normalized spacial score (nSPS) is 18.8. The van der Waals surface area contributed by atoms with E-state index in [2.05, 4.69) is 69.4 Å². The molecule has 0 aromatic heterocycles. The van der Waals surface area contributed by atoms with Crippen LogP contribution in [-0.2, 0) is 19.5 Å². The molecule has 1 atom stereocenters. The summed E-state index contributed by atoms with van der Waals surface area (Å²) in [5.74, 6) is 0. The van der Waals surface area contributed by atoms with Crippen molar-refractivity contribution in [1.82, 2.24) is 4.90 Å². The van der Waals surface area contributed by atoms with Crippen LogP contribution in [0.1, 0.15) is 16.7 Å². The van der Waals surface area contributed by atoms with Crippen LogP contribution in [0.2, 0.25) is 0 Å². The number of benzene rings is 2. The summed E-state index contributed by atoms with van der Waals surface area (Å²) in [6, 6.07) is 17.6. The second-order valence-corrected chi connectivity index (χ2v) is 6.21. The zero-order chi connectivity index (χ0) is 13.9. The highest BCUT2D eigenvalue weighted by Crippen LogP contribution is 2.26. The number of nitrogens with zero attached hydrogens (tertiary/aromatic N) is 1. The molecule has 104 valence electrons. The highest BCUT2D eigenvalue weighted by atomic mass is 79.9. The van der Waals surface area contributed by atoms with Crippen LogP contribution in [-0.4, -0.2) is 17.5 Å². The molecule has 2 aromatic carbocycles. The molecule has 3 rings (SSSR count). The molecular formula is C17H19BrN2. The second kappa shape index (κ2) is 6.08. The molecule has 1 heterocycles. The molecule has 0 radical (unpaired) electrons. The van der Waals surface area contributed by atoms with Gasteiger partial charge in [0.05, 0.1) is 0 Å². The van der Waals surface area contributed by atoms with Crippen molar-refractivity contribution in [1.29, 1.82) is 0 Å². The van der Waals surface area contributed by atoms with Crippen molar-refractivity contribution in [3.8, 4) is 0 Å². The molecule has 2 nitrogen and oxygen atoms in total. The number of hydrogen-bond acceptors (Lipinski definition) is 2. The highest BCUT2D eigenvalue weighted by Gasteiger charge is 2.25. The average Bonchev–Trinajstić information content (AvgIpc) is 2.49. The lowest BCUT2D eigenvalue weighted by atomic mass is 9.93. The molecule has 2 aromatic rings. The fraction of sp³-hybridized carbons (Fsp3) is 0.294. The molecule has 0 amide bonds. The van der Waals surface area contributed by atoms with Gasteiger partial charge in [0.2, 0.25) is 0 Å². The number of hydrogen-bond donors (Lipinski definition) is 1. The van der Waals surface area contributed by atoms with Gasteiger partial charge in [0.1, 0.15) is 0 Å². The van der Waals surface area contributed by atoms with Crippen molar-refractivity contribution in [3.63, 3.8) is 0 Å². The van der Waals surface area contributed by atoms with E-state index in [1.807, 2.05) is 0 Å². The molecular weight excluding hydrogens is 312 g/mol. The number of rotatable bonds is 3. The Kier molecular flexibility index (Phi) is 4.20. The quantitative estimate of drug-likeness (QED) is 0.935. The Morgan fingerprint density at radius 2 is 1.75 bits per heavy atom. The van der Waals surface area contributed by atoms with Gasteiger partial charge in [-0.2, -0.15) is 0 Å². The maximum absolute atomic E-state index is 5.99. The fourth-order valence-electron chi connectivity index (χ4n) is 2.90. The minimum Gasteiger partial charge on any atom is -0.329 e. The van der Waals surface area contributed by atoms with E-state index in [1.165, 1.54) is 21.2 Å². The molecule has 3 heteroatoms. The van der Waals surface area contributed by atoms with E-state index in [0.29, 0.717) is 12.6 Å². The van der Waals surface area contributed by atoms with Crippen molar-refractivity contribution < 1.29 is 0 Å². The highest BCUT2D eigenvalue weighted by molar-refractivity contribution is 9.10. The van der Waals surface area contributed by atoms with Gasteiger partial charge in [0.25, 0.3) is 0 Å². The molecule has 0 spiro atoms. The van der Waals surface area contributed by atoms with Gasteiger partial charge in [-0.25, -0.2) is 0 Å². The summed E-state index contributed by atoms with van der Waals surface area (Å²) in [6.45, 7) is 2.63. The predicted octanol–water partition coefficient (Wildman–Crippen LogP) is 3.33. The Bertz CT molecular complexity index is 597. The number of nitrogens with two attached hydrogens (primary N) is 1. The topological polar surface area (TPSA) is 29.3 Å². The fourth-order valence-corrected chi connectivity index (χ4v) is 3.31. The van der Waals surface area contributed by atoms with Gasteiger partial charge in [-0.15, -0.1) is 0 Å². The van der Waals surface area contributed by atoms with Gasteiger partial charge < -0.3 is 5.73 Å². The maximum Gasteiger partial charge on any atom is 0.0265 e. The van der Waals surface area contributed by atoms with E-state index in [0.717, 1.165) is 19.5 Å². The van der Waals surface area contributed by atoms with Crippen LogP contribution in [0.25, 0.3) is 0 Å². The largest absolute Gasteiger partial charge is 0.329 e. The van der Waals surface area contributed by atoms with E-state index < -0.39 is 0 Å². The lowest BCUT2D eigenvalue weighted by Crippen LogP contribution is -2.44. The summed E-state index contributed by atoms with van der Waals surface area (Å²) in [5, 5.41) is 0. The third-order valence-electron chi connectivity index (χ3n) is 4.07. The third-order valence-corrected chi connectivity index (χ3v) is 4.84. The van der Waals surface area contributed by atoms with Crippen LogP contribution in [0, 0.1) is 0 Å². The van der Waals surface area contributed by atoms with Crippen molar-refractivity contribution in [2.24, 2.45) is 5.73 Å². The van der Waals surface area contributed by atoms with Crippen molar-refractivity contribution >= 4 is 15.9 Å². The Balaban J connectivity index is 1.84. The van der Waals surface area contributed by atoms with Gasteiger partial charge in [0, 0.05) is 30.1 Å². The second-order valence-electron chi connectivity index (χ2n) is 5.36. The van der Waals surface area contributed by atoms with Crippen molar-refractivity contribution in [2.45, 2.75) is 25.6 Å². The van der Waals surface area contributed by atoms with Crippen molar-refractivity contribution in [3.05, 3.63) is 69.7 Å². The first-order chi connectivity index (χ1) is 9.78. The minimum absolute atomic E-state index is 0.428. The average molecular weight is 331 g/mol. The minimum atomic E-state index is 0.428. The Morgan fingerprint density at radius 1 is 1.05 bits per heavy atom. The SMILES string of the molecule is NCC1Cc2ccccc2CN1Cc1ccccc1Br.